The Hall–Kier alpha value is -2.61. The van der Waals surface area contributed by atoms with Gasteiger partial charge in [0.05, 0.1) is 13.2 Å². The fraction of sp³-hybridized carbons (Fsp3) is 0.500. The lowest BCUT2D eigenvalue weighted by molar-refractivity contribution is -0.141. The van der Waals surface area contributed by atoms with Gasteiger partial charge in [-0.2, -0.15) is 0 Å². The number of carboxylic acid groups (broad SMARTS) is 1. The molecular weight excluding hydrogens is 342 g/mol. The molecule has 3 atom stereocenters. The molecule has 8 nitrogen and oxygen atoms in total. The fourth-order valence-electron chi connectivity index (χ4n) is 2.89. The molecule has 142 valence electrons. The number of benzene rings is 1. The maximum atomic E-state index is 12.1. The molecule has 1 aliphatic heterocycles. The smallest absolute Gasteiger partial charge is 0.480 e. The van der Waals surface area contributed by atoms with Crippen molar-refractivity contribution in [3.63, 3.8) is 0 Å². The summed E-state index contributed by atoms with van der Waals surface area (Å²) in [5.41, 5.74) is 1.01. The Morgan fingerprint density at radius 1 is 1.19 bits per heavy atom. The molecular formula is C18H23NO7. The van der Waals surface area contributed by atoms with Crippen molar-refractivity contribution in [2.24, 2.45) is 11.8 Å². The summed E-state index contributed by atoms with van der Waals surface area (Å²) in [6, 6.07) is 8.48. The van der Waals surface area contributed by atoms with Crippen LogP contribution in [-0.2, 0) is 30.4 Å². The van der Waals surface area contributed by atoms with Crippen LogP contribution in [0.4, 0.5) is 4.79 Å². The van der Waals surface area contributed by atoms with Crippen LogP contribution in [0.1, 0.15) is 18.9 Å². The van der Waals surface area contributed by atoms with Crippen molar-refractivity contribution in [3.8, 4) is 0 Å². The van der Waals surface area contributed by atoms with Gasteiger partial charge >= 0.3 is 12.1 Å². The molecule has 1 fully saturated rings. The Morgan fingerprint density at radius 3 is 2.58 bits per heavy atom. The van der Waals surface area contributed by atoms with Crippen LogP contribution in [0.2, 0.25) is 0 Å². The molecule has 0 aliphatic carbocycles. The standard InChI is InChI=1S/C18H23NO7/c1-2-25-18(23)26-11-14-13(16(20)19-15(14)17(21)22)8-9-24-10-12-6-4-3-5-7-12/h3-7,13-15H,2,8-11H2,1H3,(H,19,20)(H,21,22)/t13-,14-,15-/m1/s1. The van der Waals surface area contributed by atoms with E-state index in [0.717, 1.165) is 5.56 Å². The van der Waals surface area contributed by atoms with Gasteiger partial charge in [0, 0.05) is 18.4 Å². The molecule has 1 amide bonds. The summed E-state index contributed by atoms with van der Waals surface area (Å²) in [4.78, 5) is 34.9. The van der Waals surface area contributed by atoms with Crippen LogP contribution in [0.5, 0.6) is 0 Å². The number of carboxylic acids is 1. The molecule has 1 saturated heterocycles. The van der Waals surface area contributed by atoms with Gasteiger partial charge in [-0.25, -0.2) is 9.59 Å². The Labute approximate surface area is 151 Å². The number of hydrogen-bond donors (Lipinski definition) is 2. The molecule has 1 heterocycles. The lowest BCUT2D eigenvalue weighted by Gasteiger charge is -2.19. The van der Waals surface area contributed by atoms with Crippen LogP contribution in [0.3, 0.4) is 0 Å². The first-order valence-corrected chi connectivity index (χ1v) is 8.47. The van der Waals surface area contributed by atoms with Gasteiger partial charge in [0.2, 0.25) is 5.91 Å². The van der Waals surface area contributed by atoms with Crippen LogP contribution < -0.4 is 5.32 Å². The molecule has 2 N–H and O–H groups in total. The summed E-state index contributed by atoms with van der Waals surface area (Å²) in [5, 5.41) is 11.7. The third-order valence-electron chi connectivity index (χ3n) is 4.19. The topological polar surface area (TPSA) is 111 Å². The van der Waals surface area contributed by atoms with E-state index >= 15 is 0 Å². The highest BCUT2D eigenvalue weighted by Crippen LogP contribution is 2.27. The summed E-state index contributed by atoms with van der Waals surface area (Å²) in [5.74, 6) is -2.83. The van der Waals surface area contributed by atoms with E-state index in [9.17, 15) is 19.5 Å². The van der Waals surface area contributed by atoms with Gasteiger partial charge in [0.25, 0.3) is 0 Å². The van der Waals surface area contributed by atoms with Crippen LogP contribution in [0.25, 0.3) is 0 Å². The zero-order valence-electron chi connectivity index (χ0n) is 14.6. The van der Waals surface area contributed by atoms with Gasteiger partial charge in [-0.1, -0.05) is 30.3 Å². The molecule has 1 aromatic carbocycles. The lowest BCUT2D eigenvalue weighted by Crippen LogP contribution is -2.39. The van der Waals surface area contributed by atoms with E-state index < -0.39 is 30.0 Å². The minimum atomic E-state index is -1.16. The third-order valence-corrected chi connectivity index (χ3v) is 4.19. The minimum Gasteiger partial charge on any atom is -0.480 e. The maximum absolute atomic E-state index is 12.1. The third kappa shape index (κ3) is 5.45. The highest BCUT2D eigenvalue weighted by Gasteiger charge is 2.46. The second kappa shape index (κ2) is 9.76. The number of ether oxygens (including phenoxy) is 3. The van der Waals surface area contributed by atoms with Crippen molar-refractivity contribution in [1.29, 1.82) is 0 Å². The normalized spacial score (nSPS) is 21.9. The number of hydrogen-bond acceptors (Lipinski definition) is 6. The van der Waals surface area contributed by atoms with Gasteiger partial charge < -0.3 is 24.6 Å². The molecule has 0 aromatic heterocycles. The van der Waals surface area contributed by atoms with Gasteiger partial charge in [-0.05, 0) is 18.9 Å². The Morgan fingerprint density at radius 2 is 1.92 bits per heavy atom. The molecule has 8 heteroatoms. The molecule has 26 heavy (non-hydrogen) atoms. The van der Waals surface area contributed by atoms with E-state index in [4.69, 9.17) is 9.47 Å². The van der Waals surface area contributed by atoms with Crippen molar-refractivity contribution < 1.29 is 33.7 Å². The van der Waals surface area contributed by atoms with E-state index in [1.165, 1.54) is 0 Å². The van der Waals surface area contributed by atoms with E-state index in [-0.39, 0.29) is 25.7 Å². The molecule has 0 bridgehead atoms. The molecule has 1 aromatic rings. The summed E-state index contributed by atoms with van der Waals surface area (Å²) in [7, 11) is 0. The highest BCUT2D eigenvalue weighted by molar-refractivity contribution is 5.89. The second-order valence-electron chi connectivity index (χ2n) is 5.92. The molecule has 2 rings (SSSR count). The van der Waals surface area contributed by atoms with Crippen molar-refractivity contribution in [2.45, 2.75) is 26.0 Å². The van der Waals surface area contributed by atoms with Crippen LogP contribution in [0, 0.1) is 11.8 Å². The van der Waals surface area contributed by atoms with Crippen molar-refractivity contribution in [1.82, 2.24) is 5.32 Å². The Balaban J connectivity index is 1.88. The number of carbonyl (C=O) groups is 3. The summed E-state index contributed by atoms with van der Waals surface area (Å²) < 4.78 is 15.2. The predicted octanol–water partition coefficient (Wildman–Crippen LogP) is 1.58. The van der Waals surface area contributed by atoms with Crippen LogP contribution in [0.15, 0.2) is 30.3 Å². The largest absolute Gasteiger partial charge is 0.508 e. The summed E-state index contributed by atoms with van der Waals surface area (Å²) in [6.45, 7) is 2.27. The zero-order chi connectivity index (χ0) is 18.9. The lowest BCUT2D eigenvalue weighted by atomic mass is 9.88. The van der Waals surface area contributed by atoms with E-state index in [0.29, 0.717) is 13.0 Å². The monoisotopic (exact) mass is 365 g/mol. The highest BCUT2D eigenvalue weighted by atomic mass is 16.7. The molecule has 0 spiro atoms. The minimum absolute atomic E-state index is 0.153. The number of amides is 1. The number of nitrogens with one attached hydrogen (secondary N) is 1. The molecule has 0 radical (unpaired) electrons. The molecule has 0 saturated carbocycles. The first kappa shape index (κ1) is 19.7. The van der Waals surface area contributed by atoms with Crippen molar-refractivity contribution in [2.75, 3.05) is 19.8 Å². The van der Waals surface area contributed by atoms with Crippen LogP contribution in [-0.4, -0.2) is 49.0 Å². The average molecular weight is 365 g/mol. The van der Waals surface area contributed by atoms with Crippen molar-refractivity contribution in [3.05, 3.63) is 35.9 Å². The van der Waals surface area contributed by atoms with Gasteiger partial charge in [-0.3, -0.25) is 4.79 Å². The van der Waals surface area contributed by atoms with E-state index in [1.807, 2.05) is 30.3 Å². The quantitative estimate of drug-likeness (QED) is 0.505. The van der Waals surface area contributed by atoms with E-state index in [1.54, 1.807) is 6.92 Å². The first-order chi connectivity index (χ1) is 12.5. The molecule has 0 unspecified atom stereocenters. The summed E-state index contributed by atoms with van der Waals surface area (Å²) >= 11 is 0. The fourth-order valence-corrected chi connectivity index (χ4v) is 2.89. The molecule has 1 aliphatic rings. The number of carbonyl (C=O) groups excluding carboxylic acids is 2. The Kier molecular flexibility index (Phi) is 7.40. The van der Waals surface area contributed by atoms with Gasteiger partial charge in [-0.15, -0.1) is 0 Å². The van der Waals surface area contributed by atoms with E-state index in [2.05, 4.69) is 10.1 Å². The predicted molar refractivity (Wildman–Crippen MR) is 90.2 cm³/mol. The SMILES string of the molecule is CCOC(=O)OC[C@@H]1[C@@H](CCOCc2ccccc2)C(=O)N[C@H]1C(=O)O. The Bertz CT molecular complexity index is 619. The van der Waals surface area contributed by atoms with Crippen molar-refractivity contribution >= 4 is 18.0 Å². The second-order valence-corrected chi connectivity index (χ2v) is 5.92. The van der Waals surface area contributed by atoms with Gasteiger partial charge in [0.1, 0.15) is 12.6 Å². The number of rotatable bonds is 9. The maximum Gasteiger partial charge on any atom is 0.508 e. The zero-order valence-corrected chi connectivity index (χ0v) is 14.6. The van der Waals surface area contributed by atoms with Gasteiger partial charge in [0.15, 0.2) is 0 Å². The average Bonchev–Trinajstić information content (AvgIpc) is 2.94. The number of aliphatic carboxylic acids is 1. The first-order valence-electron chi connectivity index (χ1n) is 8.47. The summed E-state index contributed by atoms with van der Waals surface area (Å²) in [6.07, 6.45) is -0.547. The van der Waals surface area contributed by atoms with Crippen LogP contribution >= 0.6 is 0 Å².